The van der Waals surface area contributed by atoms with Gasteiger partial charge < -0.3 is 5.11 Å². The molecule has 0 unspecified atom stereocenters. The lowest BCUT2D eigenvalue weighted by atomic mass is 10.1. The Kier molecular flexibility index (Phi) is 2.85. The Morgan fingerprint density at radius 1 is 1.21 bits per heavy atom. The smallest absolute Gasteiger partial charge is 0.0794 e. The number of β-amino-alcohol motifs (C(OH)–C–C–N with tert-alkyl or cyclic N) is 1. The van der Waals surface area contributed by atoms with Crippen LogP contribution in [0.3, 0.4) is 0 Å². The molecule has 14 heavy (non-hydrogen) atoms. The fourth-order valence-electron chi connectivity index (χ4n) is 1.81. The van der Waals surface area contributed by atoms with Crippen molar-refractivity contribution in [2.75, 3.05) is 13.1 Å². The predicted octanol–water partition coefficient (Wildman–Crippen LogP) is 1.43. The number of aryl methyl sites for hydroxylation is 1. The first-order chi connectivity index (χ1) is 6.78. The summed E-state index contributed by atoms with van der Waals surface area (Å²) in [6.07, 6.45) is 1.01. The molecule has 1 aliphatic heterocycles. The molecule has 1 saturated heterocycles. The van der Waals surface area contributed by atoms with Crippen LogP contribution in [0.5, 0.6) is 0 Å². The SMILES string of the molecule is CCc1ccc(CN2CC(O)C2)cc1. The predicted molar refractivity (Wildman–Crippen MR) is 57.1 cm³/mol. The molecule has 76 valence electrons. The molecule has 0 amide bonds. The van der Waals surface area contributed by atoms with Crippen molar-refractivity contribution in [3.05, 3.63) is 35.4 Å². The second-order valence-electron chi connectivity index (χ2n) is 4.02. The van der Waals surface area contributed by atoms with Gasteiger partial charge in [0.2, 0.25) is 0 Å². The summed E-state index contributed by atoms with van der Waals surface area (Å²) >= 11 is 0. The largest absolute Gasteiger partial charge is 0.390 e. The summed E-state index contributed by atoms with van der Waals surface area (Å²) < 4.78 is 0. The summed E-state index contributed by atoms with van der Waals surface area (Å²) in [4.78, 5) is 2.26. The molecule has 0 aliphatic carbocycles. The van der Waals surface area contributed by atoms with Gasteiger partial charge in [-0.2, -0.15) is 0 Å². The van der Waals surface area contributed by atoms with E-state index in [2.05, 4.69) is 36.1 Å². The van der Waals surface area contributed by atoms with Crippen LogP contribution in [0.25, 0.3) is 0 Å². The molecule has 2 nitrogen and oxygen atoms in total. The third kappa shape index (κ3) is 2.14. The minimum atomic E-state index is -0.0927. The van der Waals surface area contributed by atoms with Gasteiger partial charge in [0, 0.05) is 19.6 Å². The second-order valence-corrected chi connectivity index (χ2v) is 4.02. The van der Waals surface area contributed by atoms with Crippen molar-refractivity contribution in [3.63, 3.8) is 0 Å². The zero-order chi connectivity index (χ0) is 9.97. The molecule has 0 bridgehead atoms. The van der Waals surface area contributed by atoms with Crippen molar-refractivity contribution in [2.45, 2.75) is 26.0 Å². The molecule has 0 radical (unpaired) electrons. The van der Waals surface area contributed by atoms with Crippen LogP contribution in [0, 0.1) is 0 Å². The van der Waals surface area contributed by atoms with Crippen LogP contribution >= 0.6 is 0 Å². The maximum atomic E-state index is 9.14. The van der Waals surface area contributed by atoms with E-state index in [0.717, 1.165) is 26.1 Å². The Bertz CT molecular complexity index is 288. The molecule has 1 aromatic carbocycles. The molecular weight excluding hydrogens is 174 g/mol. The topological polar surface area (TPSA) is 23.5 Å². The van der Waals surface area contributed by atoms with Gasteiger partial charge in [-0.3, -0.25) is 4.90 Å². The standard InChI is InChI=1S/C12H17NO/c1-2-10-3-5-11(6-4-10)7-13-8-12(14)9-13/h3-6,12,14H,2,7-9H2,1H3. The van der Waals surface area contributed by atoms with Crippen molar-refractivity contribution in [2.24, 2.45) is 0 Å². The quantitative estimate of drug-likeness (QED) is 0.781. The summed E-state index contributed by atoms with van der Waals surface area (Å²) in [6.45, 7) is 4.80. The number of aliphatic hydroxyl groups excluding tert-OH is 1. The summed E-state index contributed by atoms with van der Waals surface area (Å²) in [6, 6.07) is 8.74. The van der Waals surface area contributed by atoms with E-state index in [1.54, 1.807) is 0 Å². The number of benzene rings is 1. The number of nitrogens with zero attached hydrogens (tertiary/aromatic N) is 1. The van der Waals surface area contributed by atoms with E-state index in [4.69, 9.17) is 5.11 Å². The van der Waals surface area contributed by atoms with Crippen LogP contribution in [0.1, 0.15) is 18.1 Å². The van der Waals surface area contributed by atoms with E-state index in [-0.39, 0.29) is 6.10 Å². The lowest BCUT2D eigenvalue weighted by Gasteiger charge is -2.35. The third-order valence-corrected chi connectivity index (χ3v) is 2.78. The fourth-order valence-corrected chi connectivity index (χ4v) is 1.81. The van der Waals surface area contributed by atoms with E-state index < -0.39 is 0 Å². The average molecular weight is 191 g/mol. The first kappa shape index (κ1) is 9.69. The van der Waals surface area contributed by atoms with Crippen LogP contribution in [-0.4, -0.2) is 29.2 Å². The lowest BCUT2D eigenvalue weighted by Crippen LogP contribution is -2.49. The highest BCUT2D eigenvalue weighted by molar-refractivity contribution is 5.22. The monoisotopic (exact) mass is 191 g/mol. The van der Waals surface area contributed by atoms with Crippen molar-refractivity contribution in [1.82, 2.24) is 4.90 Å². The Labute approximate surface area is 85.2 Å². The first-order valence-corrected chi connectivity index (χ1v) is 5.26. The van der Waals surface area contributed by atoms with E-state index in [0.29, 0.717) is 0 Å². The fraction of sp³-hybridized carbons (Fsp3) is 0.500. The molecule has 1 heterocycles. The van der Waals surface area contributed by atoms with Gasteiger partial charge in [-0.15, -0.1) is 0 Å². The van der Waals surface area contributed by atoms with Crippen molar-refractivity contribution in [1.29, 1.82) is 0 Å². The van der Waals surface area contributed by atoms with Gasteiger partial charge in [0.25, 0.3) is 0 Å². The van der Waals surface area contributed by atoms with Crippen molar-refractivity contribution < 1.29 is 5.11 Å². The molecule has 0 aromatic heterocycles. The second kappa shape index (κ2) is 4.11. The molecule has 0 saturated carbocycles. The van der Waals surface area contributed by atoms with Gasteiger partial charge in [-0.05, 0) is 17.5 Å². The van der Waals surface area contributed by atoms with E-state index in [9.17, 15) is 0 Å². The van der Waals surface area contributed by atoms with Crippen molar-refractivity contribution >= 4 is 0 Å². The molecule has 0 atom stereocenters. The summed E-state index contributed by atoms with van der Waals surface area (Å²) in [5.41, 5.74) is 2.73. The molecule has 1 aliphatic rings. The van der Waals surface area contributed by atoms with Gasteiger partial charge in [0.15, 0.2) is 0 Å². The highest BCUT2D eigenvalue weighted by Gasteiger charge is 2.23. The van der Waals surface area contributed by atoms with E-state index >= 15 is 0 Å². The van der Waals surface area contributed by atoms with Gasteiger partial charge >= 0.3 is 0 Å². The van der Waals surface area contributed by atoms with Crippen LogP contribution in [0.2, 0.25) is 0 Å². The van der Waals surface area contributed by atoms with Crippen LogP contribution in [-0.2, 0) is 13.0 Å². The average Bonchev–Trinajstić information content (AvgIpc) is 2.17. The Balaban J connectivity index is 1.90. The summed E-state index contributed by atoms with van der Waals surface area (Å²) in [7, 11) is 0. The Morgan fingerprint density at radius 2 is 1.79 bits per heavy atom. The highest BCUT2D eigenvalue weighted by Crippen LogP contribution is 2.13. The van der Waals surface area contributed by atoms with E-state index in [1.165, 1.54) is 11.1 Å². The zero-order valence-corrected chi connectivity index (χ0v) is 8.61. The molecule has 1 N–H and O–H groups in total. The molecule has 1 fully saturated rings. The summed E-state index contributed by atoms with van der Waals surface area (Å²) in [5.74, 6) is 0. The molecule has 2 rings (SSSR count). The Hall–Kier alpha value is -0.860. The first-order valence-electron chi connectivity index (χ1n) is 5.26. The lowest BCUT2D eigenvalue weighted by molar-refractivity contribution is -0.00286. The molecule has 1 aromatic rings. The normalized spacial score (nSPS) is 18.1. The molecule has 0 spiro atoms. The van der Waals surface area contributed by atoms with Gasteiger partial charge in [-0.25, -0.2) is 0 Å². The van der Waals surface area contributed by atoms with Gasteiger partial charge in [0.05, 0.1) is 6.10 Å². The number of rotatable bonds is 3. The van der Waals surface area contributed by atoms with Crippen LogP contribution in [0.15, 0.2) is 24.3 Å². The number of hydrogen-bond acceptors (Lipinski definition) is 2. The maximum Gasteiger partial charge on any atom is 0.0794 e. The van der Waals surface area contributed by atoms with Gasteiger partial charge in [0.1, 0.15) is 0 Å². The van der Waals surface area contributed by atoms with Crippen molar-refractivity contribution in [3.8, 4) is 0 Å². The van der Waals surface area contributed by atoms with Gasteiger partial charge in [-0.1, -0.05) is 31.2 Å². The third-order valence-electron chi connectivity index (χ3n) is 2.78. The van der Waals surface area contributed by atoms with Crippen LogP contribution in [0.4, 0.5) is 0 Å². The highest BCUT2D eigenvalue weighted by atomic mass is 16.3. The zero-order valence-electron chi connectivity index (χ0n) is 8.61. The molecular formula is C12H17NO. The number of likely N-dealkylation sites (tertiary alicyclic amines) is 1. The minimum Gasteiger partial charge on any atom is -0.390 e. The summed E-state index contributed by atoms with van der Waals surface area (Å²) in [5, 5.41) is 9.14. The van der Waals surface area contributed by atoms with Crippen LogP contribution < -0.4 is 0 Å². The maximum absolute atomic E-state index is 9.14. The number of hydrogen-bond donors (Lipinski definition) is 1. The molecule has 2 heteroatoms. The van der Waals surface area contributed by atoms with E-state index in [1.807, 2.05) is 0 Å². The minimum absolute atomic E-state index is 0.0927. The Morgan fingerprint density at radius 3 is 2.29 bits per heavy atom. The number of aliphatic hydroxyl groups is 1.